The van der Waals surface area contributed by atoms with Gasteiger partial charge in [-0.25, -0.2) is 18.4 Å². The fourth-order valence-electron chi connectivity index (χ4n) is 9.87. The van der Waals surface area contributed by atoms with Crippen molar-refractivity contribution < 1.29 is 36.8 Å². The van der Waals surface area contributed by atoms with Crippen LogP contribution in [0.3, 0.4) is 0 Å². The molecule has 6 rings (SSSR count). The van der Waals surface area contributed by atoms with E-state index in [1.54, 1.807) is 24.3 Å². The van der Waals surface area contributed by atoms with Crippen molar-refractivity contribution in [2.75, 3.05) is 71.4 Å². The number of hydrogen-bond donors (Lipinski definition) is 3. The third-order valence-corrected chi connectivity index (χ3v) is 18.5. The Balaban J connectivity index is -0.00000132. The zero-order chi connectivity index (χ0) is 92.5. The van der Waals surface area contributed by atoms with Crippen LogP contribution < -0.4 is 39.6 Å². The zero-order valence-corrected chi connectivity index (χ0v) is 85.6. The molecule has 0 radical (unpaired) electrons. The lowest BCUT2D eigenvalue weighted by Gasteiger charge is -2.33. The topological polar surface area (TPSA) is 180 Å². The van der Waals surface area contributed by atoms with Crippen LogP contribution in [0.2, 0.25) is 0 Å². The molecule has 17 heteroatoms. The van der Waals surface area contributed by atoms with Gasteiger partial charge in [0.15, 0.2) is 9.84 Å². The molecule has 16 nitrogen and oxygen atoms in total. The summed E-state index contributed by atoms with van der Waals surface area (Å²) in [6.45, 7) is 98.0. The summed E-state index contributed by atoms with van der Waals surface area (Å²) in [5, 5.41) is 10.3. The quantitative estimate of drug-likeness (QED) is 0.0402. The van der Waals surface area contributed by atoms with Crippen LogP contribution in [-0.2, 0) is 36.2 Å². The Morgan fingerprint density at radius 2 is 0.815 bits per heavy atom. The summed E-state index contributed by atoms with van der Waals surface area (Å²) in [6, 6.07) is 22.9. The highest BCUT2D eigenvalue weighted by Crippen LogP contribution is 2.29. The number of rotatable bonds is 28. The number of nitrogens with zero attached hydrogens (tertiary/aromatic N) is 5. The number of ether oxygens (including phenoxy) is 6. The monoisotopic (exact) mass is 1690 g/mol. The Labute approximate surface area is 735 Å². The van der Waals surface area contributed by atoms with Gasteiger partial charge in [-0.2, -0.15) is 0 Å². The van der Waals surface area contributed by atoms with Gasteiger partial charge >= 0.3 is 0 Å². The van der Waals surface area contributed by atoms with Gasteiger partial charge in [-0.05, 0) is 245 Å². The molecule has 1 saturated heterocycles. The molecule has 119 heavy (non-hydrogen) atoms. The van der Waals surface area contributed by atoms with Gasteiger partial charge in [0, 0.05) is 96.1 Å². The highest BCUT2D eigenvalue weighted by molar-refractivity contribution is 7.91. The fourth-order valence-corrected chi connectivity index (χ4v) is 11.2. The highest BCUT2D eigenvalue weighted by Gasteiger charge is 2.24. The van der Waals surface area contributed by atoms with E-state index >= 15 is 0 Å². The lowest BCUT2D eigenvalue weighted by atomic mass is 9.88. The molecule has 0 amide bonds. The van der Waals surface area contributed by atoms with Crippen molar-refractivity contribution in [3.63, 3.8) is 0 Å². The molecule has 690 valence electrons. The van der Waals surface area contributed by atoms with Gasteiger partial charge in [-0.1, -0.05) is 221 Å². The van der Waals surface area contributed by atoms with Crippen LogP contribution in [0.1, 0.15) is 364 Å². The predicted octanol–water partition coefficient (Wildman–Crippen LogP) is 26.1. The number of nitrogens with one attached hydrogen (secondary N) is 3. The van der Waals surface area contributed by atoms with Gasteiger partial charge in [0.05, 0.1) is 49.0 Å². The molecule has 0 aliphatic carbocycles. The van der Waals surface area contributed by atoms with E-state index in [-0.39, 0.29) is 61.7 Å². The first-order valence-electron chi connectivity index (χ1n) is 45.3. The lowest BCUT2D eigenvalue weighted by Crippen LogP contribution is -2.41. The molecular formula is C102H188N8O8S. The maximum Gasteiger partial charge on any atom is 0.213 e. The molecule has 0 bridgehead atoms. The Hall–Kier alpha value is -5.43. The van der Waals surface area contributed by atoms with E-state index in [9.17, 15) is 8.42 Å². The van der Waals surface area contributed by atoms with Crippen LogP contribution in [0.25, 0.3) is 0 Å². The molecule has 1 aromatic carbocycles. The molecular weight excluding hydrogens is 1500 g/mol. The van der Waals surface area contributed by atoms with E-state index in [2.05, 4.69) is 324 Å². The van der Waals surface area contributed by atoms with Gasteiger partial charge in [-0.15, -0.1) is 0 Å². The second kappa shape index (κ2) is 58.6. The van der Waals surface area contributed by atoms with Crippen molar-refractivity contribution in [3.05, 3.63) is 120 Å². The zero-order valence-electron chi connectivity index (χ0n) is 84.8. The van der Waals surface area contributed by atoms with E-state index in [0.29, 0.717) is 47.0 Å². The van der Waals surface area contributed by atoms with E-state index in [4.69, 9.17) is 28.4 Å². The summed E-state index contributed by atoms with van der Waals surface area (Å²) in [7, 11) is -3.13. The van der Waals surface area contributed by atoms with E-state index in [0.717, 1.165) is 99.4 Å². The van der Waals surface area contributed by atoms with E-state index in [1.165, 1.54) is 62.9 Å². The smallest absolute Gasteiger partial charge is 0.213 e. The summed E-state index contributed by atoms with van der Waals surface area (Å²) in [6.07, 6.45) is 18.1. The van der Waals surface area contributed by atoms with Crippen molar-refractivity contribution in [1.29, 1.82) is 0 Å². The Morgan fingerprint density at radius 3 is 1.13 bits per heavy atom. The van der Waals surface area contributed by atoms with Gasteiger partial charge in [0.1, 0.15) is 29.5 Å². The standard InChI is InChI=1S/3C16H28N2O.C14H29NO.C14H23NO.C14H22O3S.3C4H10/c2*1-12(11-18-16(5,6)7)19-14-10-13(8-9-17-14)15(2,3)4;1-15(2,3)14-9-8-13(12-17-14)19-11-7-10-18-16(4,5)6;1-5-12-16-13-6-9-15(10-7-13)11-8-14(2,3)4;1-5-6-7-10-16-12-8-9-13(15-11-12)14(2,3)4;1-5-10-18(15,16)13-8-6-12(7-9-13)17-11-14(2,3)4;3*1-4(2)3/h2*8-10,12,18H,11H2,1-7H3;8-9,12,18H,7,10-11H2,1-6H3;13H,5-12H2,1-4H3;8-9,11H,5-7,10H2,1-4H3;6-9H,5,10-11H2,1-4H3;3*4H,1-3H3/t2*12-;;;;;;;/m10......./s1. The van der Waals surface area contributed by atoms with Gasteiger partial charge in [0.25, 0.3) is 0 Å². The van der Waals surface area contributed by atoms with Gasteiger partial charge in [-0.3, -0.25) is 9.97 Å². The van der Waals surface area contributed by atoms with Crippen molar-refractivity contribution in [2.24, 2.45) is 28.6 Å². The summed E-state index contributed by atoms with van der Waals surface area (Å²) in [5.74, 6) is 6.54. The van der Waals surface area contributed by atoms with Crippen molar-refractivity contribution >= 4 is 9.84 Å². The van der Waals surface area contributed by atoms with E-state index in [1.807, 2.05) is 74.2 Å². The predicted molar refractivity (Wildman–Crippen MR) is 515 cm³/mol. The first-order chi connectivity index (χ1) is 54.3. The number of unbranched alkanes of at least 4 members (excludes halogenated alkanes) is 2. The molecule has 1 aliphatic rings. The largest absolute Gasteiger partial charge is 0.493 e. The SMILES string of the molecule is CC(C)(C)NCCCOc1ccc(C(C)(C)C)nc1.CC(C)C.CC(C)C.CC(C)C.CCCCCOc1ccc(C(C)(C)C)nc1.CCCOC1CCN(CCC(C)(C)C)CC1.CCCS(=O)(=O)c1ccc(OCC(C)(C)C)cc1.C[C@@H](CNC(C)(C)C)Oc1cc(C(C)(C)C)ccn1.C[C@H](CNC(C)(C)C)Oc1cc(C(C)(C)C)ccn1. The highest BCUT2D eigenvalue weighted by atomic mass is 32.2. The number of sulfone groups is 1. The van der Waals surface area contributed by atoms with E-state index < -0.39 is 9.84 Å². The number of piperidine rings is 1. The molecule has 5 aromatic rings. The minimum absolute atomic E-state index is 0.0902. The van der Waals surface area contributed by atoms with Crippen molar-refractivity contribution in [3.8, 4) is 29.0 Å². The average Bonchev–Trinajstić information content (AvgIpc) is 0.859. The molecule has 0 spiro atoms. The second-order valence-electron chi connectivity index (χ2n) is 43.6. The number of benzene rings is 1. The number of aromatic nitrogens is 4. The Bertz CT molecular complexity index is 3300. The van der Waals surface area contributed by atoms with Crippen molar-refractivity contribution in [1.82, 2.24) is 40.8 Å². The molecule has 5 heterocycles. The number of hydrogen-bond acceptors (Lipinski definition) is 16. The summed E-state index contributed by atoms with van der Waals surface area (Å²) in [5.41, 5.74) is 6.08. The maximum atomic E-state index is 11.8. The van der Waals surface area contributed by atoms with Crippen LogP contribution in [0.5, 0.6) is 29.0 Å². The third kappa shape index (κ3) is 70.7. The summed E-state index contributed by atoms with van der Waals surface area (Å²) < 4.78 is 58.1. The summed E-state index contributed by atoms with van der Waals surface area (Å²) in [4.78, 5) is 20.4. The number of likely N-dealkylation sites (tertiary alicyclic amines) is 1. The van der Waals surface area contributed by atoms with Crippen LogP contribution >= 0.6 is 0 Å². The first kappa shape index (κ1) is 118. The maximum absolute atomic E-state index is 11.8. The van der Waals surface area contributed by atoms with Crippen LogP contribution in [0.4, 0.5) is 0 Å². The van der Waals surface area contributed by atoms with Crippen LogP contribution in [0.15, 0.2) is 102 Å². The fraction of sp³-hybridized carbons (Fsp3) is 0.745. The second-order valence-corrected chi connectivity index (χ2v) is 45.7. The first-order valence-corrected chi connectivity index (χ1v) is 47.0. The minimum atomic E-state index is -3.13. The molecule has 1 aliphatic heterocycles. The average molecular weight is 1690 g/mol. The molecule has 3 N–H and O–H groups in total. The molecule has 0 saturated carbocycles. The van der Waals surface area contributed by atoms with Gasteiger partial charge < -0.3 is 49.3 Å². The molecule has 4 aromatic heterocycles. The molecule has 0 unspecified atom stereocenters. The third-order valence-electron chi connectivity index (χ3n) is 16.6. The normalized spacial score (nSPS) is 13.6. The molecule has 2 atom stereocenters. The van der Waals surface area contributed by atoms with Gasteiger partial charge in [0.2, 0.25) is 11.8 Å². The lowest BCUT2D eigenvalue weighted by molar-refractivity contribution is 0.00624. The Kier molecular flexibility index (Phi) is 58.0. The van der Waals surface area contributed by atoms with Crippen LogP contribution in [0, 0.1) is 28.6 Å². The summed E-state index contributed by atoms with van der Waals surface area (Å²) >= 11 is 0. The Morgan fingerprint density at radius 1 is 0.429 bits per heavy atom. The van der Waals surface area contributed by atoms with Crippen LogP contribution in [-0.4, -0.2) is 140 Å². The molecule has 1 fully saturated rings. The van der Waals surface area contributed by atoms with Crippen molar-refractivity contribution in [2.45, 2.75) is 403 Å². The number of pyridine rings is 4. The minimum Gasteiger partial charge on any atom is -0.493 e.